The van der Waals surface area contributed by atoms with Crippen molar-refractivity contribution in [1.82, 2.24) is 14.7 Å². The third-order valence-electron chi connectivity index (χ3n) is 3.73. The largest absolute Gasteiger partial charge is 0.441 e. The molecule has 6 nitrogen and oxygen atoms in total. The van der Waals surface area contributed by atoms with Crippen LogP contribution in [-0.2, 0) is 0 Å². The predicted octanol–water partition coefficient (Wildman–Crippen LogP) is 3.19. The van der Waals surface area contributed by atoms with Crippen molar-refractivity contribution in [2.75, 3.05) is 18.9 Å². The molecular weight excluding hydrogens is 336 g/mol. The number of aryl methyl sites for hydroxylation is 2. The van der Waals surface area contributed by atoms with Crippen LogP contribution in [0.3, 0.4) is 0 Å². The smallest absolute Gasteiger partial charge is 0.191 e. The van der Waals surface area contributed by atoms with Gasteiger partial charge in [0.2, 0.25) is 0 Å². The van der Waals surface area contributed by atoms with Crippen LogP contribution in [0.15, 0.2) is 46.0 Å². The summed E-state index contributed by atoms with van der Waals surface area (Å²) in [7, 11) is 0. The first-order valence-corrected chi connectivity index (χ1v) is 8.70. The number of nitrogens with one attached hydrogen (secondary N) is 1. The summed E-state index contributed by atoms with van der Waals surface area (Å²) in [4.78, 5) is 9.51. The minimum Gasteiger partial charge on any atom is -0.441 e. The van der Waals surface area contributed by atoms with E-state index in [0.29, 0.717) is 24.0 Å². The average Bonchev–Trinajstić information content (AvgIpc) is 3.03. The molecule has 4 N–H and O–H groups in total. The molecule has 0 unspecified atom stereocenters. The molecule has 0 aliphatic rings. The first-order chi connectivity index (χ1) is 12.1. The summed E-state index contributed by atoms with van der Waals surface area (Å²) in [5, 5.41) is 8.88. The monoisotopic (exact) mass is 356 g/mol. The SMILES string of the molecule is Cc1ncc(-c2cc(-c3cc(SNCCO)ccc3C)cnc2N)o1. The molecule has 0 aliphatic heterocycles. The highest BCUT2D eigenvalue weighted by atomic mass is 32.2. The van der Waals surface area contributed by atoms with Gasteiger partial charge in [-0.2, -0.15) is 0 Å². The van der Waals surface area contributed by atoms with Gasteiger partial charge >= 0.3 is 0 Å². The number of aromatic nitrogens is 2. The van der Waals surface area contributed by atoms with Crippen LogP contribution in [0.4, 0.5) is 5.82 Å². The summed E-state index contributed by atoms with van der Waals surface area (Å²) in [5.74, 6) is 1.61. The molecule has 0 atom stereocenters. The zero-order valence-corrected chi connectivity index (χ0v) is 14.9. The van der Waals surface area contributed by atoms with Gasteiger partial charge in [-0.1, -0.05) is 6.07 Å². The maximum Gasteiger partial charge on any atom is 0.191 e. The summed E-state index contributed by atoms with van der Waals surface area (Å²) in [6, 6.07) is 8.17. The van der Waals surface area contributed by atoms with Crippen LogP contribution >= 0.6 is 11.9 Å². The van der Waals surface area contributed by atoms with Gasteiger partial charge < -0.3 is 15.3 Å². The summed E-state index contributed by atoms with van der Waals surface area (Å²) >= 11 is 1.49. The van der Waals surface area contributed by atoms with Crippen LogP contribution in [0.5, 0.6) is 0 Å². The van der Waals surface area contributed by atoms with Crippen molar-refractivity contribution >= 4 is 17.8 Å². The van der Waals surface area contributed by atoms with Crippen molar-refractivity contribution in [2.45, 2.75) is 18.7 Å². The number of nitrogens with two attached hydrogens (primary N) is 1. The fraction of sp³-hybridized carbons (Fsp3) is 0.222. The Labute approximate surface area is 150 Å². The predicted molar refractivity (Wildman–Crippen MR) is 100 cm³/mol. The molecule has 2 heterocycles. The second-order valence-corrected chi connectivity index (χ2v) is 6.56. The maximum absolute atomic E-state index is 8.88. The van der Waals surface area contributed by atoms with E-state index >= 15 is 0 Å². The van der Waals surface area contributed by atoms with Gasteiger partial charge in [-0.05, 0) is 48.2 Å². The Kier molecular flexibility index (Phi) is 5.37. The van der Waals surface area contributed by atoms with Crippen molar-refractivity contribution in [2.24, 2.45) is 0 Å². The first-order valence-electron chi connectivity index (χ1n) is 7.88. The number of aliphatic hydroxyl groups excluding tert-OH is 1. The summed E-state index contributed by atoms with van der Waals surface area (Å²) in [6.45, 7) is 4.49. The quantitative estimate of drug-likeness (QED) is 0.461. The van der Waals surface area contributed by atoms with Crippen molar-refractivity contribution in [3.05, 3.63) is 48.1 Å². The summed E-state index contributed by atoms with van der Waals surface area (Å²) in [6.07, 6.45) is 3.42. The molecule has 0 amide bonds. The molecule has 0 aliphatic carbocycles. The number of benzene rings is 1. The molecule has 130 valence electrons. The van der Waals surface area contributed by atoms with Crippen LogP contribution in [-0.4, -0.2) is 28.2 Å². The molecule has 25 heavy (non-hydrogen) atoms. The number of anilines is 1. The number of rotatable bonds is 6. The number of hydrogen-bond donors (Lipinski definition) is 3. The lowest BCUT2D eigenvalue weighted by Gasteiger charge is -2.11. The molecule has 0 spiro atoms. The fourth-order valence-corrected chi connectivity index (χ4v) is 3.13. The molecular formula is C18H20N4O2S. The topological polar surface area (TPSA) is 97.2 Å². The molecule has 0 bridgehead atoms. The van der Waals surface area contributed by atoms with Gasteiger partial charge in [0.1, 0.15) is 5.82 Å². The highest BCUT2D eigenvalue weighted by Crippen LogP contribution is 2.33. The number of oxazole rings is 1. The Morgan fingerprint density at radius 3 is 2.72 bits per heavy atom. The van der Waals surface area contributed by atoms with Crippen molar-refractivity contribution in [3.63, 3.8) is 0 Å². The molecule has 0 fully saturated rings. The Bertz CT molecular complexity index is 879. The number of pyridine rings is 1. The van der Waals surface area contributed by atoms with Gasteiger partial charge in [-0.15, -0.1) is 0 Å². The third kappa shape index (κ3) is 4.01. The Morgan fingerprint density at radius 1 is 1.16 bits per heavy atom. The van der Waals surface area contributed by atoms with E-state index in [4.69, 9.17) is 15.3 Å². The van der Waals surface area contributed by atoms with Crippen molar-refractivity contribution < 1.29 is 9.52 Å². The van der Waals surface area contributed by atoms with Gasteiger partial charge in [0.25, 0.3) is 0 Å². The highest BCUT2D eigenvalue weighted by molar-refractivity contribution is 7.97. The lowest BCUT2D eigenvalue weighted by atomic mass is 10.0. The van der Waals surface area contributed by atoms with E-state index < -0.39 is 0 Å². The zero-order valence-electron chi connectivity index (χ0n) is 14.1. The lowest BCUT2D eigenvalue weighted by molar-refractivity contribution is 0.302. The Morgan fingerprint density at radius 2 is 2.00 bits per heavy atom. The first kappa shape index (κ1) is 17.5. The van der Waals surface area contributed by atoms with Gasteiger partial charge in [-0.3, -0.25) is 4.72 Å². The fourth-order valence-electron chi connectivity index (χ4n) is 2.46. The van der Waals surface area contributed by atoms with Gasteiger partial charge in [0, 0.05) is 30.1 Å². The van der Waals surface area contributed by atoms with Gasteiger partial charge in [0.05, 0.1) is 18.4 Å². The molecule has 0 saturated heterocycles. The van der Waals surface area contributed by atoms with E-state index in [9.17, 15) is 0 Å². The van der Waals surface area contributed by atoms with Crippen LogP contribution in [0.25, 0.3) is 22.5 Å². The molecule has 3 aromatic rings. The van der Waals surface area contributed by atoms with E-state index in [-0.39, 0.29) is 6.61 Å². The molecule has 7 heteroatoms. The molecule has 1 aromatic carbocycles. The number of hydrogen-bond acceptors (Lipinski definition) is 7. The van der Waals surface area contributed by atoms with Crippen LogP contribution in [0, 0.1) is 13.8 Å². The highest BCUT2D eigenvalue weighted by Gasteiger charge is 2.12. The lowest BCUT2D eigenvalue weighted by Crippen LogP contribution is -2.08. The number of nitrogen functional groups attached to an aromatic ring is 1. The van der Waals surface area contributed by atoms with E-state index in [2.05, 4.69) is 33.7 Å². The third-order valence-corrected chi connectivity index (χ3v) is 4.57. The number of nitrogens with zero attached hydrogens (tertiary/aromatic N) is 2. The Balaban J connectivity index is 1.97. The summed E-state index contributed by atoms with van der Waals surface area (Å²) < 4.78 is 8.70. The Hall–Kier alpha value is -2.35. The van der Waals surface area contributed by atoms with Crippen molar-refractivity contribution in [3.8, 4) is 22.5 Å². The van der Waals surface area contributed by atoms with E-state index in [0.717, 1.165) is 27.1 Å². The second kappa shape index (κ2) is 7.69. The van der Waals surface area contributed by atoms with E-state index in [1.807, 2.05) is 12.1 Å². The zero-order chi connectivity index (χ0) is 17.8. The molecule has 2 aromatic heterocycles. The maximum atomic E-state index is 8.88. The minimum absolute atomic E-state index is 0.105. The van der Waals surface area contributed by atoms with Gasteiger partial charge in [-0.25, -0.2) is 9.97 Å². The van der Waals surface area contributed by atoms with Crippen LogP contribution < -0.4 is 10.5 Å². The average molecular weight is 356 g/mol. The second-order valence-electron chi connectivity index (χ2n) is 5.60. The normalized spacial score (nSPS) is 11.0. The molecule has 0 saturated carbocycles. The standard InChI is InChI=1S/C18H20N4O2S/c1-11-3-4-14(25-22-5-6-23)8-15(11)13-7-16(18(19)21-9-13)17-10-20-12(2)24-17/h3-4,7-10,22-23H,5-6H2,1-2H3,(H2,19,21). The molecule has 0 radical (unpaired) electrons. The van der Waals surface area contributed by atoms with Gasteiger partial charge in [0.15, 0.2) is 11.7 Å². The van der Waals surface area contributed by atoms with Crippen LogP contribution in [0.1, 0.15) is 11.5 Å². The van der Waals surface area contributed by atoms with E-state index in [1.54, 1.807) is 19.3 Å². The number of aliphatic hydroxyl groups is 1. The summed E-state index contributed by atoms with van der Waals surface area (Å²) in [5.41, 5.74) is 9.92. The van der Waals surface area contributed by atoms with Crippen LogP contribution in [0.2, 0.25) is 0 Å². The molecule has 3 rings (SSSR count). The minimum atomic E-state index is 0.105. The van der Waals surface area contributed by atoms with E-state index in [1.165, 1.54) is 11.9 Å². The van der Waals surface area contributed by atoms with Crippen molar-refractivity contribution in [1.29, 1.82) is 0 Å².